The number of carbonyl (C=O) groups excluding carboxylic acids is 1. The molecule has 0 saturated heterocycles. The summed E-state index contributed by atoms with van der Waals surface area (Å²) < 4.78 is 0. The maximum Gasteiger partial charge on any atom is 0.272 e. The number of aromatic nitrogens is 1. The normalized spacial score (nSPS) is 12.6. The lowest BCUT2D eigenvalue weighted by Gasteiger charge is -2.27. The van der Waals surface area contributed by atoms with Crippen molar-refractivity contribution in [1.82, 2.24) is 9.88 Å². The highest BCUT2D eigenvalue weighted by atomic mass is 16.2. The van der Waals surface area contributed by atoms with Crippen LogP contribution in [0.15, 0.2) is 18.2 Å². The molecular formula is C12H19N3O. The maximum atomic E-state index is 12.1. The third kappa shape index (κ3) is 2.72. The Labute approximate surface area is 96.5 Å². The van der Waals surface area contributed by atoms with Gasteiger partial charge in [0.1, 0.15) is 11.5 Å². The lowest BCUT2D eigenvalue weighted by atomic mass is 10.0. The molecule has 88 valence electrons. The summed E-state index contributed by atoms with van der Waals surface area (Å²) in [6.07, 6.45) is 0. The third-order valence-electron chi connectivity index (χ3n) is 2.89. The van der Waals surface area contributed by atoms with Crippen LogP contribution in [0.1, 0.15) is 31.3 Å². The van der Waals surface area contributed by atoms with Crippen LogP contribution in [0, 0.1) is 5.92 Å². The van der Waals surface area contributed by atoms with Gasteiger partial charge in [-0.2, -0.15) is 0 Å². The number of pyridine rings is 1. The summed E-state index contributed by atoms with van der Waals surface area (Å²) in [6.45, 7) is 6.19. The first kappa shape index (κ1) is 12.5. The summed E-state index contributed by atoms with van der Waals surface area (Å²) in [6, 6.07) is 5.27. The van der Waals surface area contributed by atoms with Crippen LogP contribution in [0.5, 0.6) is 0 Å². The highest BCUT2D eigenvalue weighted by Crippen LogP contribution is 2.12. The number of nitrogens with two attached hydrogens (primary N) is 1. The molecule has 1 rings (SSSR count). The fourth-order valence-electron chi connectivity index (χ4n) is 1.38. The van der Waals surface area contributed by atoms with Crippen LogP contribution in [0.25, 0.3) is 0 Å². The van der Waals surface area contributed by atoms with E-state index in [1.165, 1.54) is 0 Å². The molecular weight excluding hydrogens is 202 g/mol. The van der Waals surface area contributed by atoms with Crippen molar-refractivity contribution >= 4 is 11.7 Å². The van der Waals surface area contributed by atoms with Gasteiger partial charge in [-0.05, 0) is 25.0 Å². The number of nitrogens with zero attached hydrogens (tertiary/aromatic N) is 2. The molecule has 1 aromatic heterocycles. The van der Waals surface area contributed by atoms with Gasteiger partial charge in [-0.1, -0.05) is 19.9 Å². The minimum atomic E-state index is -0.0894. The molecule has 0 spiro atoms. The van der Waals surface area contributed by atoms with Crippen LogP contribution in [-0.4, -0.2) is 28.9 Å². The van der Waals surface area contributed by atoms with E-state index in [0.29, 0.717) is 17.4 Å². The van der Waals surface area contributed by atoms with E-state index in [-0.39, 0.29) is 11.9 Å². The summed E-state index contributed by atoms with van der Waals surface area (Å²) >= 11 is 0. The van der Waals surface area contributed by atoms with Crippen molar-refractivity contribution in [2.75, 3.05) is 12.8 Å². The highest BCUT2D eigenvalue weighted by Gasteiger charge is 2.20. The molecule has 0 bridgehead atoms. The quantitative estimate of drug-likeness (QED) is 0.846. The largest absolute Gasteiger partial charge is 0.384 e. The minimum absolute atomic E-state index is 0.0894. The van der Waals surface area contributed by atoms with E-state index in [0.717, 1.165) is 0 Å². The van der Waals surface area contributed by atoms with Crippen LogP contribution in [0.4, 0.5) is 5.82 Å². The van der Waals surface area contributed by atoms with Crippen LogP contribution in [-0.2, 0) is 0 Å². The first-order chi connectivity index (χ1) is 7.43. The van der Waals surface area contributed by atoms with Gasteiger partial charge >= 0.3 is 0 Å². The van der Waals surface area contributed by atoms with Gasteiger partial charge in [-0.3, -0.25) is 4.79 Å². The van der Waals surface area contributed by atoms with Crippen molar-refractivity contribution in [2.45, 2.75) is 26.8 Å². The molecule has 1 heterocycles. The maximum absolute atomic E-state index is 12.1. The van der Waals surface area contributed by atoms with Crippen molar-refractivity contribution < 1.29 is 4.79 Å². The number of hydrogen-bond acceptors (Lipinski definition) is 3. The second-order valence-electron chi connectivity index (χ2n) is 4.35. The van der Waals surface area contributed by atoms with Gasteiger partial charge in [0, 0.05) is 13.1 Å². The van der Waals surface area contributed by atoms with Crippen LogP contribution < -0.4 is 5.73 Å². The first-order valence-electron chi connectivity index (χ1n) is 5.43. The van der Waals surface area contributed by atoms with Crippen molar-refractivity contribution in [3.05, 3.63) is 23.9 Å². The van der Waals surface area contributed by atoms with E-state index in [4.69, 9.17) is 5.73 Å². The van der Waals surface area contributed by atoms with Gasteiger partial charge < -0.3 is 10.6 Å². The van der Waals surface area contributed by atoms with Crippen molar-refractivity contribution in [2.24, 2.45) is 5.92 Å². The number of carbonyl (C=O) groups is 1. The molecule has 1 unspecified atom stereocenters. The Hall–Kier alpha value is -1.58. The number of nitrogen functional groups attached to an aromatic ring is 1. The molecule has 2 N–H and O–H groups in total. The van der Waals surface area contributed by atoms with E-state index in [2.05, 4.69) is 18.8 Å². The summed E-state index contributed by atoms with van der Waals surface area (Å²) in [5, 5.41) is 0. The Bertz CT molecular complexity index is 376. The van der Waals surface area contributed by atoms with Crippen molar-refractivity contribution in [3.8, 4) is 0 Å². The Morgan fingerprint density at radius 1 is 1.38 bits per heavy atom. The van der Waals surface area contributed by atoms with Crippen molar-refractivity contribution in [1.29, 1.82) is 0 Å². The lowest BCUT2D eigenvalue weighted by Crippen LogP contribution is -2.38. The molecule has 0 saturated carbocycles. The van der Waals surface area contributed by atoms with E-state index in [1.807, 2.05) is 6.92 Å². The zero-order valence-corrected chi connectivity index (χ0v) is 10.3. The molecule has 1 aromatic rings. The molecule has 0 fully saturated rings. The fourth-order valence-corrected chi connectivity index (χ4v) is 1.38. The average molecular weight is 221 g/mol. The molecule has 0 aliphatic carbocycles. The second kappa shape index (κ2) is 4.96. The van der Waals surface area contributed by atoms with E-state index >= 15 is 0 Å². The van der Waals surface area contributed by atoms with Crippen LogP contribution in [0.3, 0.4) is 0 Å². The topological polar surface area (TPSA) is 59.2 Å². The molecule has 4 nitrogen and oxygen atoms in total. The Kier molecular flexibility index (Phi) is 3.88. The standard InChI is InChI=1S/C12H19N3O/c1-8(2)9(3)15(4)12(16)10-6-5-7-11(13)14-10/h5-9H,1-4H3,(H2,13,14). The summed E-state index contributed by atoms with van der Waals surface area (Å²) in [4.78, 5) is 17.8. The Balaban J connectivity index is 2.86. The SMILES string of the molecule is CC(C)C(C)N(C)C(=O)c1cccc(N)n1. The van der Waals surface area contributed by atoms with Gasteiger partial charge in [0.05, 0.1) is 0 Å². The number of rotatable bonds is 3. The van der Waals surface area contributed by atoms with E-state index in [9.17, 15) is 4.79 Å². The van der Waals surface area contributed by atoms with Crippen molar-refractivity contribution in [3.63, 3.8) is 0 Å². The summed E-state index contributed by atoms with van der Waals surface area (Å²) in [5.74, 6) is 0.694. The van der Waals surface area contributed by atoms with Gasteiger partial charge in [0.2, 0.25) is 0 Å². The van der Waals surface area contributed by atoms with Crippen LogP contribution in [0.2, 0.25) is 0 Å². The average Bonchev–Trinajstić information content (AvgIpc) is 2.26. The highest BCUT2D eigenvalue weighted by molar-refractivity contribution is 5.92. The number of anilines is 1. The molecule has 0 aliphatic heterocycles. The molecule has 0 aliphatic rings. The number of amides is 1. The van der Waals surface area contributed by atoms with E-state index < -0.39 is 0 Å². The lowest BCUT2D eigenvalue weighted by molar-refractivity contribution is 0.0701. The zero-order chi connectivity index (χ0) is 12.3. The monoisotopic (exact) mass is 221 g/mol. The third-order valence-corrected chi connectivity index (χ3v) is 2.89. The predicted octanol–water partition coefficient (Wildman–Crippen LogP) is 1.78. The molecule has 0 radical (unpaired) electrons. The predicted molar refractivity (Wildman–Crippen MR) is 65.0 cm³/mol. The Morgan fingerprint density at radius 3 is 2.50 bits per heavy atom. The van der Waals surface area contributed by atoms with Gasteiger partial charge in [-0.15, -0.1) is 0 Å². The van der Waals surface area contributed by atoms with E-state index in [1.54, 1.807) is 30.1 Å². The molecule has 1 amide bonds. The minimum Gasteiger partial charge on any atom is -0.384 e. The number of hydrogen-bond donors (Lipinski definition) is 1. The Morgan fingerprint density at radius 2 is 2.00 bits per heavy atom. The first-order valence-corrected chi connectivity index (χ1v) is 5.43. The molecule has 16 heavy (non-hydrogen) atoms. The van der Waals surface area contributed by atoms with Crippen LogP contribution >= 0.6 is 0 Å². The van der Waals surface area contributed by atoms with Gasteiger partial charge in [0.25, 0.3) is 5.91 Å². The second-order valence-corrected chi connectivity index (χ2v) is 4.35. The molecule has 4 heteroatoms. The molecule has 1 atom stereocenters. The fraction of sp³-hybridized carbons (Fsp3) is 0.500. The van der Waals surface area contributed by atoms with Gasteiger partial charge in [0.15, 0.2) is 0 Å². The van der Waals surface area contributed by atoms with Gasteiger partial charge in [-0.25, -0.2) is 4.98 Å². The summed E-state index contributed by atoms with van der Waals surface area (Å²) in [7, 11) is 1.79. The zero-order valence-electron chi connectivity index (χ0n) is 10.3. The molecule has 0 aromatic carbocycles. The smallest absolute Gasteiger partial charge is 0.272 e. The summed E-state index contributed by atoms with van der Waals surface area (Å²) in [5.41, 5.74) is 5.95.